The molecule has 1 aliphatic rings. The average molecular weight is 207 g/mol. The molecular weight excluding hydrogens is 194 g/mol. The Hall–Kier alpha value is -0.620. The van der Waals surface area contributed by atoms with Gasteiger partial charge in [0.15, 0.2) is 0 Å². The first-order chi connectivity index (χ1) is 5.91. The Bertz CT molecular complexity index is 292. The van der Waals surface area contributed by atoms with E-state index in [4.69, 9.17) is 0 Å². The van der Waals surface area contributed by atoms with Gasteiger partial charge in [-0.25, -0.2) is 4.72 Å². The highest BCUT2D eigenvalue weighted by Crippen LogP contribution is 2.24. The lowest BCUT2D eigenvalue weighted by atomic mass is 10.2. The summed E-state index contributed by atoms with van der Waals surface area (Å²) in [7, 11) is -3.86. The molecule has 6 heteroatoms. The first kappa shape index (κ1) is 10.5. The van der Waals surface area contributed by atoms with E-state index in [0.717, 1.165) is 12.8 Å². The van der Waals surface area contributed by atoms with Crippen molar-refractivity contribution in [3.8, 4) is 0 Å². The fourth-order valence-corrected chi connectivity index (χ4v) is 1.69. The van der Waals surface area contributed by atoms with Crippen LogP contribution in [0.2, 0.25) is 0 Å². The minimum Gasteiger partial charge on any atom is -0.274 e. The highest BCUT2D eigenvalue weighted by molar-refractivity contribution is 7.85. The number of rotatable bonds is 4. The molecule has 76 valence electrons. The summed E-state index contributed by atoms with van der Waals surface area (Å²) in [6.07, 6.45) is 1.27. The maximum atomic E-state index is 11.0. The van der Waals surface area contributed by atoms with E-state index in [1.807, 2.05) is 4.72 Å². The van der Waals surface area contributed by atoms with Gasteiger partial charge in [0.2, 0.25) is 5.91 Å². The lowest BCUT2D eigenvalue weighted by Gasteiger charge is -2.07. The van der Waals surface area contributed by atoms with Crippen molar-refractivity contribution >= 4 is 16.2 Å². The molecule has 0 aromatic rings. The second-order valence-corrected chi connectivity index (χ2v) is 4.68. The van der Waals surface area contributed by atoms with E-state index in [2.05, 4.69) is 4.18 Å². The third-order valence-electron chi connectivity index (χ3n) is 1.54. The molecule has 1 fully saturated rings. The van der Waals surface area contributed by atoms with Gasteiger partial charge in [0, 0.05) is 5.92 Å². The van der Waals surface area contributed by atoms with Crippen LogP contribution < -0.4 is 4.72 Å². The van der Waals surface area contributed by atoms with Crippen LogP contribution in [0.5, 0.6) is 0 Å². The van der Waals surface area contributed by atoms with Gasteiger partial charge in [-0.1, -0.05) is 13.8 Å². The molecule has 1 amide bonds. The van der Waals surface area contributed by atoms with E-state index in [0.29, 0.717) is 0 Å². The topological polar surface area (TPSA) is 72.5 Å². The summed E-state index contributed by atoms with van der Waals surface area (Å²) in [4.78, 5) is 11.0. The van der Waals surface area contributed by atoms with Crippen molar-refractivity contribution in [3.05, 3.63) is 0 Å². The van der Waals surface area contributed by atoms with Gasteiger partial charge in [-0.2, -0.15) is 8.42 Å². The molecule has 0 aromatic carbocycles. The fraction of sp³-hybridized carbons (Fsp3) is 0.857. The molecule has 0 bridgehead atoms. The van der Waals surface area contributed by atoms with E-state index in [1.54, 1.807) is 13.8 Å². The third-order valence-corrected chi connectivity index (χ3v) is 2.51. The molecule has 1 rings (SSSR count). The fourth-order valence-electron chi connectivity index (χ4n) is 0.609. The smallest absolute Gasteiger partial charge is 0.274 e. The molecule has 0 unspecified atom stereocenters. The number of hydrogen-bond acceptors (Lipinski definition) is 4. The summed E-state index contributed by atoms with van der Waals surface area (Å²) in [5.41, 5.74) is 0. The zero-order valence-electron chi connectivity index (χ0n) is 7.61. The molecule has 0 spiro atoms. The lowest BCUT2D eigenvalue weighted by molar-refractivity contribution is -0.122. The van der Waals surface area contributed by atoms with Crippen LogP contribution in [0, 0.1) is 5.92 Å². The SMILES string of the molecule is CC(C)C(=O)NS(=O)(=O)OC1CC1. The van der Waals surface area contributed by atoms with Gasteiger partial charge in [-0.05, 0) is 12.8 Å². The lowest BCUT2D eigenvalue weighted by Crippen LogP contribution is -2.35. The molecule has 0 atom stereocenters. The molecule has 0 aromatic heterocycles. The summed E-state index contributed by atoms with van der Waals surface area (Å²) in [5, 5.41) is 0. The largest absolute Gasteiger partial charge is 0.362 e. The van der Waals surface area contributed by atoms with Gasteiger partial charge in [-0.15, -0.1) is 0 Å². The van der Waals surface area contributed by atoms with Gasteiger partial charge in [0.05, 0.1) is 6.10 Å². The van der Waals surface area contributed by atoms with Crippen LogP contribution in [0.15, 0.2) is 0 Å². The van der Waals surface area contributed by atoms with Crippen LogP contribution in [0.25, 0.3) is 0 Å². The zero-order valence-corrected chi connectivity index (χ0v) is 8.43. The molecule has 1 aliphatic carbocycles. The Labute approximate surface area is 77.7 Å². The zero-order chi connectivity index (χ0) is 10.1. The highest BCUT2D eigenvalue weighted by Gasteiger charge is 2.30. The van der Waals surface area contributed by atoms with Gasteiger partial charge < -0.3 is 0 Å². The van der Waals surface area contributed by atoms with Crippen molar-refractivity contribution in [2.45, 2.75) is 32.8 Å². The predicted octanol–water partition coefficient (Wildman–Crippen LogP) is 0.182. The van der Waals surface area contributed by atoms with Gasteiger partial charge in [0.25, 0.3) is 0 Å². The molecule has 0 heterocycles. The standard InChI is InChI=1S/C7H13NO4S/c1-5(2)7(9)8-13(10,11)12-6-3-4-6/h5-6H,3-4H2,1-2H3,(H,8,9). The molecule has 0 aliphatic heterocycles. The molecule has 0 saturated heterocycles. The van der Waals surface area contributed by atoms with Crippen molar-refractivity contribution < 1.29 is 17.4 Å². The van der Waals surface area contributed by atoms with Crippen LogP contribution in [-0.4, -0.2) is 20.4 Å². The first-order valence-electron chi connectivity index (χ1n) is 4.15. The average Bonchev–Trinajstić information content (AvgIpc) is 2.69. The highest BCUT2D eigenvalue weighted by atomic mass is 32.2. The summed E-state index contributed by atoms with van der Waals surface area (Å²) >= 11 is 0. The van der Waals surface area contributed by atoms with Gasteiger partial charge >= 0.3 is 10.3 Å². The summed E-state index contributed by atoms with van der Waals surface area (Å²) < 4.78 is 28.5. The number of nitrogens with one attached hydrogen (secondary N) is 1. The van der Waals surface area contributed by atoms with Crippen LogP contribution in [0.4, 0.5) is 0 Å². The monoisotopic (exact) mass is 207 g/mol. The van der Waals surface area contributed by atoms with Crippen molar-refractivity contribution in [2.24, 2.45) is 5.92 Å². The Morgan fingerprint density at radius 3 is 2.38 bits per heavy atom. The molecule has 1 N–H and O–H groups in total. The quantitative estimate of drug-likeness (QED) is 0.714. The van der Waals surface area contributed by atoms with Gasteiger partial charge in [-0.3, -0.25) is 8.98 Å². The Morgan fingerprint density at radius 1 is 1.46 bits per heavy atom. The summed E-state index contributed by atoms with van der Waals surface area (Å²) in [6.45, 7) is 3.23. The van der Waals surface area contributed by atoms with E-state index in [9.17, 15) is 13.2 Å². The minimum absolute atomic E-state index is 0.225. The summed E-state index contributed by atoms with van der Waals surface area (Å²) in [5.74, 6) is -0.904. The minimum atomic E-state index is -3.86. The first-order valence-corrected chi connectivity index (χ1v) is 5.56. The van der Waals surface area contributed by atoms with Crippen LogP contribution in [0.1, 0.15) is 26.7 Å². The van der Waals surface area contributed by atoms with Gasteiger partial charge in [0.1, 0.15) is 0 Å². The molecule has 5 nitrogen and oxygen atoms in total. The Balaban J connectivity index is 2.45. The number of carbonyl (C=O) groups excluding carboxylic acids is 1. The second kappa shape index (κ2) is 3.63. The normalized spacial score (nSPS) is 17.5. The van der Waals surface area contributed by atoms with Crippen molar-refractivity contribution in [3.63, 3.8) is 0 Å². The second-order valence-electron chi connectivity index (χ2n) is 3.37. The van der Waals surface area contributed by atoms with E-state index >= 15 is 0 Å². The van der Waals surface area contributed by atoms with E-state index in [1.165, 1.54) is 0 Å². The maximum Gasteiger partial charge on any atom is 0.362 e. The maximum absolute atomic E-state index is 11.0. The van der Waals surface area contributed by atoms with E-state index < -0.39 is 16.2 Å². The molecular formula is C7H13NO4S. The number of hydrogen-bond donors (Lipinski definition) is 1. The number of amides is 1. The Morgan fingerprint density at radius 2 is 2.00 bits per heavy atom. The Kier molecular flexibility index (Phi) is 2.92. The molecule has 1 saturated carbocycles. The third kappa shape index (κ3) is 3.73. The van der Waals surface area contributed by atoms with Crippen LogP contribution in [-0.2, 0) is 19.3 Å². The number of carbonyl (C=O) groups is 1. The van der Waals surface area contributed by atoms with Crippen molar-refractivity contribution in [1.29, 1.82) is 0 Å². The molecule has 0 radical (unpaired) electrons. The van der Waals surface area contributed by atoms with Crippen LogP contribution >= 0.6 is 0 Å². The van der Waals surface area contributed by atoms with Crippen molar-refractivity contribution in [1.82, 2.24) is 4.72 Å². The molecule has 13 heavy (non-hydrogen) atoms. The van der Waals surface area contributed by atoms with Crippen molar-refractivity contribution in [2.75, 3.05) is 0 Å². The van der Waals surface area contributed by atoms with Crippen LogP contribution in [0.3, 0.4) is 0 Å². The van der Waals surface area contributed by atoms with E-state index in [-0.39, 0.29) is 12.0 Å². The predicted molar refractivity (Wildman–Crippen MR) is 46.0 cm³/mol. The summed E-state index contributed by atoms with van der Waals surface area (Å²) in [6, 6.07) is 0.